The number of sulfonamides is 1. The van der Waals surface area contributed by atoms with Crippen molar-refractivity contribution in [3.63, 3.8) is 0 Å². The van der Waals surface area contributed by atoms with Crippen molar-refractivity contribution in [2.75, 3.05) is 38.0 Å². The molecule has 0 aromatic heterocycles. The van der Waals surface area contributed by atoms with Crippen molar-refractivity contribution in [3.05, 3.63) is 59.7 Å². The molecule has 6 nitrogen and oxygen atoms in total. The first kappa shape index (κ1) is 22.5. The summed E-state index contributed by atoms with van der Waals surface area (Å²) in [5.74, 6) is 0.347. The number of para-hydroxylation sites is 1. The van der Waals surface area contributed by atoms with Crippen LogP contribution in [0.4, 0.5) is 5.69 Å². The molecule has 1 fully saturated rings. The van der Waals surface area contributed by atoms with Crippen LogP contribution in [0.2, 0.25) is 0 Å². The molecule has 3 rings (SSSR count). The first-order valence-electron chi connectivity index (χ1n) is 10.6. The van der Waals surface area contributed by atoms with Gasteiger partial charge < -0.3 is 10.2 Å². The molecule has 0 saturated carbocycles. The molecule has 2 N–H and O–H groups in total. The van der Waals surface area contributed by atoms with E-state index in [0.29, 0.717) is 43.5 Å². The number of hydrogen-bond acceptors (Lipinski definition) is 3. The molecule has 1 aliphatic rings. The molecule has 7 heteroatoms. The van der Waals surface area contributed by atoms with Crippen LogP contribution in [0.5, 0.6) is 0 Å². The molecule has 1 aliphatic heterocycles. The molecule has 1 heterocycles. The van der Waals surface area contributed by atoms with Crippen LogP contribution in [0.15, 0.2) is 53.4 Å². The van der Waals surface area contributed by atoms with Crippen molar-refractivity contribution in [3.8, 4) is 0 Å². The molecular weight excluding hydrogens is 398 g/mol. The summed E-state index contributed by atoms with van der Waals surface area (Å²) in [7, 11) is -3.48. The lowest BCUT2D eigenvalue weighted by atomic mass is 9.97. The Kier molecular flexibility index (Phi) is 7.28. The van der Waals surface area contributed by atoms with E-state index < -0.39 is 10.0 Å². The van der Waals surface area contributed by atoms with Crippen molar-refractivity contribution >= 4 is 21.6 Å². The van der Waals surface area contributed by atoms with Crippen molar-refractivity contribution < 1.29 is 18.1 Å². The second-order valence-corrected chi connectivity index (χ2v) is 10.0. The highest BCUT2D eigenvalue weighted by Gasteiger charge is 2.31. The minimum Gasteiger partial charge on any atom is -0.325 e. The van der Waals surface area contributed by atoms with Gasteiger partial charge in [0.05, 0.1) is 31.1 Å². The third-order valence-electron chi connectivity index (χ3n) is 5.88. The highest BCUT2D eigenvalue weighted by Crippen LogP contribution is 2.26. The number of carbonyl (C=O) groups excluding carboxylic acids is 1. The summed E-state index contributed by atoms with van der Waals surface area (Å²) in [6.45, 7) is 8.64. The van der Waals surface area contributed by atoms with Gasteiger partial charge in [-0.25, -0.2) is 8.42 Å². The SMILES string of the molecule is CC[C@@H](C)c1ccccc1NC(=O)C[NH+]1CCN(S(=O)(=O)c2ccc(C)cc2)CC1. The van der Waals surface area contributed by atoms with Crippen molar-refractivity contribution in [2.24, 2.45) is 0 Å². The zero-order valence-corrected chi connectivity index (χ0v) is 18.8. The fraction of sp³-hybridized carbons (Fsp3) is 0.435. The van der Waals surface area contributed by atoms with Crippen LogP contribution in [0.25, 0.3) is 0 Å². The number of carbonyl (C=O) groups is 1. The Balaban J connectivity index is 1.56. The topological polar surface area (TPSA) is 70.9 Å². The second kappa shape index (κ2) is 9.73. The van der Waals surface area contributed by atoms with Gasteiger partial charge in [0.1, 0.15) is 0 Å². The maximum absolute atomic E-state index is 12.8. The second-order valence-electron chi connectivity index (χ2n) is 8.09. The number of aryl methyl sites for hydroxylation is 1. The summed E-state index contributed by atoms with van der Waals surface area (Å²) in [6, 6.07) is 14.9. The normalized spacial score (nSPS) is 16.9. The van der Waals surface area contributed by atoms with E-state index in [-0.39, 0.29) is 5.91 Å². The Hall–Kier alpha value is -2.22. The average molecular weight is 431 g/mol. The van der Waals surface area contributed by atoms with Gasteiger partial charge in [0.25, 0.3) is 5.91 Å². The third-order valence-corrected chi connectivity index (χ3v) is 7.79. The molecule has 0 spiro atoms. The molecule has 0 radical (unpaired) electrons. The maximum atomic E-state index is 12.8. The van der Waals surface area contributed by atoms with E-state index >= 15 is 0 Å². The van der Waals surface area contributed by atoms with Crippen molar-refractivity contribution in [1.29, 1.82) is 0 Å². The van der Waals surface area contributed by atoms with E-state index in [0.717, 1.165) is 28.1 Å². The van der Waals surface area contributed by atoms with E-state index in [9.17, 15) is 13.2 Å². The number of rotatable bonds is 7. The fourth-order valence-electron chi connectivity index (χ4n) is 3.76. The highest BCUT2D eigenvalue weighted by atomic mass is 32.2. The number of hydrogen-bond donors (Lipinski definition) is 2. The largest absolute Gasteiger partial charge is 0.325 e. The zero-order chi connectivity index (χ0) is 21.7. The summed E-state index contributed by atoms with van der Waals surface area (Å²) in [6.07, 6.45) is 1.01. The molecule has 0 bridgehead atoms. The molecular formula is C23H32N3O3S+. The van der Waals surface area contributed by atoms with Gasteiger partial charge in [0, 0.05) is 5.69 Å². The quantitative estimate of drug-likeness (QED) is 0.706. The third kappa shape index (κ3) is 5.28. The van der Waals surface area contributed by atoms with Gasteiger partial charge in [-0.15, -0.1) is 0 Å². The predicted octanol–water partition coefficient (Wildman–Crippen LogP) is 2.04. The number of nitrogens with zero attached hydrogens (tertiary/aromatic N) is 1. The van der Waals surface area contributed by atoms with Gasteiger partial charge in [0.2, 0.25) is 10.0 Å². The molecule has 2 aromatic carbocycles. The lowest BCUT2D eigenvalue weighted by Gasteiger charge is -2.31. The highest BCUT2D eigenvalue weighted by molar-refractivity contribution is 7.89. The standard InChI is InChI=1S/C23H31N3O3S/c1-4-19(3)21-7-5-6-8-22(21)24-23(27)17-25-13-15-26(16-14-25)30(28,29)20-11-9-18(2)10-12-20/h5-12,19H,4,13-17H2,1-3H3,(H,24,27)/p+1/t19-/m1/s1. The Morgan fingerprint density at radius 1 is 1.10 bits per heavy atom. The first-order chi connectivity index (χ1) is 14.3. The predicted molar refractivity (Wildman–Crippen MR) is 119 cm³/mol. The Labute approximate surface area is 179 Å². The van der Waals surface area contributed by atoms with Gasteiger partial charge in [0.15, 0.2) is 6.54 Å². The number of benzene rings is 2. The van der Waals surface area contributed by atoms with E-state index in [4.69, 9.17) is 0 Å². The Morgan fingerprint density at radius 2 is 1.73 bits per heavy atom. The van der Waals surface area contributed by atoms with Crippen LogP contribution < -0.4 is 10.2 Å². The number of anilines is 1. The maximum Gasteiger partial charge on any atom is 0.279 e. The molecule has 162 valence electrons. The summed E-state index contributed by atoms with van der Waals surface area (Å²) >= 11 is 0. The molecule has 1 atom stereocenters. The van der Waals surface area contributed by atoms with Gasteiger partial charge in [-0.3, -0.25) is 4.79 Å². The lowest BCUT2D eigenvalue weighted by Crippen LogP contribution is -3.15. The van der Waals surface area contributed by atoms with Crippen LogP contribution in [-0.2, 0) is 14.8 Å². The summed E-state index contributed by atoms with van der Waals surface area (Å²) in [5.41, 5.74) is 3.05. The number of nitrogens with one attached hydrogen (secondary N) is 2. The van der Waals surface area contributed by atoms with E-state index in [1.54, 1.807) is 12.1 Å². The van der Waals surface area contributed by atoms with Crippen LogP contribution in [0, 0.1) is 6.92 Å². The summed E-state index contributed by atoms with van der Waals surface area (Å²) in [5, 5.41) is 3.05. The average Bonchev–Trinajstić information content (AvgIpc) is 2.74. The van der Waals surface area contributed by atoms with Crippen molar-refractivity contribution in [2.45, 2.75) is 38.0 Å². The minimum atomic E-state index is -3.48. The minimum absolute atomic E-state index is 0.0319. The molecule has 30 heavy (non-hydrogen) atoms. The first-order valence-corrected chi connectivity index (χ1v) is 12.0. The summed E-state index contributed by atoms with van der Waals surface area (Å²) in [4.78, 5) is 14.0. The fourth-order valence-corrected chi connectivity index (χ4v) is 5.20. The van der Waals surface area contributed by atoms with E-state index in [1.165, 1.54) is 4.31 Å². The van der Waals surface area contributed by atoms with Crippen LogP contribution in [0.1, 0.15) is 37.3 Å². The van der Waals surface area contributed by atoms with Crippen LogP contribution in [-0.4, -0.2) is 51.4 Å². The van der Waals surface area contributed by atoms with Gasteiger partial charge in [-0.05, 0) is 43.0 Å². The molecule has 1 amide bonds. The summed E-state index contributed by atoms with van der Waals surface area (Å²) < 4.78 is 27.2. The molecule has 1 saturated heterocycles. The van der Waals surface area contributed by atoms with Crippen LogP contribution >= 0.6 is 0 Å². The Morgan fingerprint density at radius 3 is 2.37 bits per heavy atom. The Bertz CT molecular complexity index is 965. The molecule has 2 aromatic rings. The van der Waals surface area contributed by atoms with Crippen LogP contribution in [0.3, 0.4) is 0 Å². The number of quaternary nitrogens is 1. The lowest BCUT2D eigenvalue weighted by molar-refractivity contribution is -0.895. The van der Waals surface area contributed by atoms with E-state index in [1.807, 2.05) is 37.3 Å². The van der Waals surface area contributed by atoms with Crippen molar-refractivity contribution in [1.82, 2.24) is 4.31 Å². The molecule has 0 aliphatic carbocycles. The van der Waals surface area contributed by atoms with Gasteiger partial charge in [-0.2, -0.15) is 4.31 Å². The number of piperazine rings is 1. The van der Waals surface area contributed by atoms with Gasteiger partial charge in [-0.1, -0.05) is 49.7 Å². The zero-order valence-electron chi connectivity index (χ0n) is 18.0. The smallest absolute Gasteiger partial charge is 0.279 e. The molecule has 0 unspecified atom stereocenters. The number of amides is 1. The van der Waals surface area contributed by atoms with Gasteiger partial charge >= 0.3 is 0 Å². The monoisotopic (exact) mass is 430 g/mol. The van der Waals surface area contributed by atoms with E-state index in [2.05, 4.69) is 25.2 Å².